The highest BCUT2D eigenvalue weighted by molar-refractivity contribution is 5.80. The van der Waals surface area contributed by atoms with Crippen LogP contribution in [0.1, 0.15) is 39.0 Å². The van der Waals surface area contributed by atoms with Gasteiger partial charge in [0.15, 0.2) is 0 Å². The molecule has 0 spiro atoms. The number of aliphatic hydroxyl groups is 1. The number of rotatable bonds is 5. The van der Waals surface area contributed by atoms with Crippen molar-refractivity contribution in [3.05, 3.63) is 0 Å². The summed E-state index contributed by atoms with van der Waals surface area (Å²) in [4.78, 5) is 11.6. The Morgan fingerprint density at radius 3 is 2.88 bits per heavy atom. The SMILES string of the molecule is CCCC(C#N)C(=O)NCC1CCC(O)C1. The Hall–Kier alpha value is -1.08. The summed E-state index contributed by atoms with van der Waals surface area (Å²) in [6, 6.07) is 2.03. The van der Waals surface area contributed by atoms with Gasteiger partial charge in [-0.3, -0.25) is 4.79 Å². The zero-order valence-corrected chi connectivity index (χ0v) is 9.78. The second-order valence-corrected chi connectivity index (χ2v) is 4.55. The van der Waals surface area contributed by atoms with Crippen molar-refractivity contribution in [2.75, 3.05) is 6.54 Å². The molecular weight excluding hydrogens is 204 g/mol. The van der Waals surface area contributed by atoms with Gasteiger partial charge < -0.3 is 10.4 Å². The molecule has 1 amide bonds. The van der Waals surface area contributed by atoms with Gasteiger partial charge in [-0.1, -0.05) is 13.3 Å². The number of nitrogens with one attached hydrogen (secondary N) is 1. The first kappa shape index (κ1) is 13.0. The highest BCUT2D eigenvalue weighted by Gasteiger charge is 2.24. The fourth-order valence-corrected chi connectivity index (χ4v) is 2.15. The summed E-state index contributed by atoms with van der Waals surface area (Å²) in [7, 11) is 0. The minimum absolute atomic E-state index is 0.161. The largest absolute Gasteiger partial charge is 0.393 e. The Bertz CT molecular complexity index is 273. The third kappa shape index (κ3) is 3.82. The Morgan fingerprint density at radius 2 is 2.38 bits per heavy atom. The van der Waals surface area contributed by atoms with Gasteiger partial charge in [-0.2, -0.15) is 5.26 Å². The van der Waals surface area contributed by atoms with E-state index in [2.05, 4.69) is 5.32 Å². The van der Waals surface area contributed by atoms with Crippen LogP contribution in [0.4, 0.5) is 0 Å². The van der Waals surface area contributed by atoms with Crippen LogP contribution in [0.25, 0.3) is 0 Å². The molecule has 4 heteroatoms. The van der Waals surface area contributed by atoms with Gasteiger partial charge in [-0.15, -0.1) is 0 Å². The number of nitriles is 1. The van der Waals surface area contributed by atoms with Crippen molar-refractivity contribution in [2.24, 2.45) is 11.8 Å². The molecule has 2 N–H and O–H groups in total. The quantitative estimate of drug-likeness (QED) is 0.737. The normalized spacial score (nSPS) is 26.1. The molecule has 3 unspecified atom stereocenters. The molecule has 0 bridgehead atoms. The molecule has 3 atom stereocenters. The molecule has 1 fully saturated rings. The van der Waals surface area contributed by atoms with E-state index >= 15 is 0 Å². The Labute approximate surface area is 96.6 Å². The van der Waals surface area contributed by atoms with E-state index < -0.39 is 5.92 Å². The first-order valence-corrected chi connectivity index (χ1v) is 6.02. The average Bonchev–Trinajstić information content (AvgIpc) is 2.68. The molecule has 1 saturated carbocycles. The van der Waals surface area contributed by atoms with E-state index in [1.165, 1.54) is 0 Å². The van der Waals surface area contributed by atoms with E-state index in [1.54, 1.807) is 0 Å². The van der Waals surface area contributed by atoms with Gasteiger partial charge >= 0.3 is 0 Å². The molecule has 0 heterocycles. The van der Waals surface area contributed by atoms with E-state index in [0.29, 0.717) is 18.9 Å². The van der Waals surface area contributed by atoms with Crippen LogP contribution < -0.4 is 5.32 Å². The lowest BCUT2D eigenvalue weighted by molar-refractivity contribution is -0.123. The third-order valence-corrected chi connectivity index (χ3v) is 3.13. The summed E-state index contributed by atoms with van der Waals surface area (Å²) in [5.74, 6) is -0.304. The summed E-state index contributed by atoms with van der Waals surface area (Å²) >= 11 is 0. The number of carbonyl (C=O) groups excluding carboxylic acids is 1. The molecule has 4 nitrogen and oxygen atoms in total. The second kappa shape index (κ2) is 6.49. The number of hydrogen-bond acceptors (Lipinski definition) is 3. The lowest BCUT2D eigenvalue weighted by Gasteiger charge is -2.13. The summed E-state index contributed by atoms with van der Waals surface area (Å²) < 4.78 is 0. The molecule has 0 aromatic heterocycles. The summed E-state index contributed by atoms with van der Waals surface area (Å²) in [6.07, 6.45) is 3.82. The number of amides is 1. The van der Waals surface area contributed by atoms with Gasteiger partial charge in [0.1, 0.15) is 5.92 Å². The van der Waals surface area contributed by atoms with Gasteiger partial charge in [-0.05, 0) is 31.6 Å². The fraction of sp³-hybridized carbons (Fsp3) is 0.833. The van der Waals surface area contributed by atoms with Gasteiger partial charge in [0.2, 0.25) is 5.91 Å². The molecule has 1 rings (SSSR count). The van der Waals surface area contributed by atoms with E-state index in [0.717, 1.165) is 25.7 Å². The van der Waals surface area contributed by atoms with E-state index in [9.17, 15) is 9.90 Å². The zero-order valence-electron chi connectivity index (χ0n) is 9.78. The lowest BCUT2D eigenvalue weighted by Crippen LogP contribution is -2.33. The highest BCUT2D eigenvalue weighted by atomic mass is 16.3. The number of aliphatic hydroxyl groups excluding tert-OH is 1. The van der Waals surface area contributed by atoms with Crippen molar-refractivity contribution in [1.29, 1.82) is 5.26 Å². The zero-order chi connectivity index (χ0) is 12.0. The molecule has 1 aliphatic carbocycles. The standard InChI is InChI=1S/C12H20N2O2/c1-2-3-10(7-13)12(16)14-8-9-4-5-11(15)6-9/h9-11,15H,2-6,8H2,1H3,(H,14,16). The fourth-order valence-electron chi connectivity index (χ4n) is 2.15. The molecule has 0 aromatic rings. The average molecular weight is 224 g/mol. The Balaban J connectivity index is 2.26. The van der Waals surface area contributed by atoms with Crippen molar-refractivity contribution in [2.45, 2.75) is 45.1 Å². The Kier molecular flexibility index (Phi) is 5.27. The van der Waals surface area contributed by atoms with Crippen LogP contribution in [0, 0.1) is 23.2 Å². The van der Waals surface area contributed by atoms with Gasteiger partial charge in [0, 0.05) is 6.54 Å². The van der Waals surface area contributed by atoms with Crippen LogP contribution in [-0.4, -0.2) is 23.7 Å². The number of hydrogen-bond donors (Lipinski definition) is 2. The van der Waals surface area contributed by atoms with E-state index in [4.69, 9.17) is 5.26 Å². The number of carbonyl (C=O) groups is 1. The highest BCUT2D eigenvalue weighted by Crippen LogP contribution is 2.24. The smallest absolute Gasteiger partial charge is 0.237 e. The maximum Gasteiger partial charge on any atom is 0.237 e. The van der Waals surface area contributed by atoms with E-state index in [-0.39, 0.29) is 12.0 Å². The van der Waals surface area contributed by atoms with Crippen LogP contribution in [0.5, 0.6) is 0 Å². The molecule has 90 valence electrons. The summed E-state index contributed by atoms with van der Waals surface area (Å²) in [5, 5.41) is 21.0. The molecule has 1 aliphatic rings. The topological polar surface area (TPSA) is 73.1 Å². The van der Waals surface area contributed by atoms with Gasteiger partial charge in [-0.25, -0.2) is 0 Å². The number of nitrogens with zero attached hydrogens (tertiary/aromatic N) is 1. The molecule has 0 aliphatic heterocycles. The van der Waals surface area contributed by atoms with Crippen molar-refractivity contribution in [3.63, 3.8) is 0 Å². The van der Waals surface area contributed by atoms with Crippen LogP contribution in [0.15, 0.2) is 0 Å². The first-order valence-electron chi connectivity index (χ1n) is 6.02. The first-order chi connectivity index (χ1) is 7.67. The predicted octanol–water partition coefficient (Wildman–Crippen LogP) is 1.20. The monoisotopic (exact) mass is 224 g/mol. The molecule has 16 heavy (non-hydrogen) atoms. The maximum atomic E-state index is 11.6. The Morgan fingerprint density at radius 1 is 1.62 bits per heavy atom. The van der Waals surface area contributed by atoms with Crippen LogP contribution in [0.3, 0.4) is 0 Å². The maximum absolute atomic E-state index is 11.6. The van der Waals surface area contributed by atoms with Gasteiger partial charge in [0.25, 0.3) is 0 Å². The predicted molar refractivity (Wildman–Crippen MR) is 60.4 cm³/mol. The lowest BCUT2D eigenvalue weighted by atomic mass is 10.0. The van der Waals surface area contributed by atoms with Crippen molar-refractivity contribution in [1.82, 2.24) is 5.32 Å². The van der Waals surface area contributed by atoms with Gasteiger partial charge in [0.05, 0.1) is 12.2 Å². The minimum Gasteiger partial charge on any atom is -0.393 e. The molecule has 0 saturated heterocycles. The summed E-state index contributed by atoms with van der Waals surface area (Å²) in [6.45, 7) is 2.56. The van der Waals surface area contributed by atoms with Crippen molar-refractivity contribution in [3.8, 4) is 6.07 Å². The minimum atomic E-state index is -0.517. The second-order valence-electron chi connectivity index (χ2n) is 4.55. The molecule has 0 radical (unpaired) electrons. The molecular formula is C12H20N2O2. The summed E-state index contributed by atoms with van der Waals surface area (Å²) in [5.41, 5.74) is 0. The van der Waals surface area contributed by atoms with Crippen LogP contribution in [-0.2, 0) is 4.79 Å². The van der Waals surface area contributed by atoms with Crippen molar-refractivity contribution >= 4 is 5.91 Å². The van der Waals surface area contributed by atoms with E-state index in [1.807, 2.05) is 13.0 Å². The van der Waals surface area contributed by atoms with Crippen LogP contribution >= 0.6 is 0 Å². The van der Waals surface area contributed by atoms with Crippen molar-refractivity contribution < 1.29 is 9.90 Å². The molecule has 0 aromatic carbocycles. The van der Waals surface area contributed by atoms with Crippen LogP contribution in [0.2, 0.25) is 0 Å². The third-order valence-electron chi connectivity index (χ3n) is 3.13.